The van der Waals surface area contributed by atoms with Gasteiger partial charge in [-0.1, -0.05) is 0 Å². The van der Waals surface area contributed by atoms with Crippen LogP contribution in [0.3, 0.4) is 0 Å². The predicted octanol–water partition coefficient (Wildman–Crippen LogP) is 3.18. The summed E-state index contributed by atoms with van der Waals surface area (Å²) in [5.74, 6) is -0.114. The Morgan fingerprint density at radius 3 is 2.61 bits per heavy atom. The number of likely N-dealkylation sites (N-methyl/N-ethyl adjacent to an activating group) is 1. The van der Waals surface area contributed by atoms with Crippen LogP contribution in [-0.2, 0) is 6.54 Å². The van der Waals surface area contributed by atoms with E-state index in [1.165, 1.54) is 12.8 Å². The van der Waals surface area contributed by atoms with Crippen LogP contribution in [0.1, 0.15) is 18.4 Å². The Balaban J connectivity index is 2.05. The topological polar surface area (TPSA) is 8.17 Å². The quantitative estimate of drug-likeness (QED) is 0.807. The molecule has 96 valence electrons. The van der Waals surface area contributed by atoms with Crippen LogP contribution in [0.5, 0.6) is 0 Å². The summed E-state index contributed by atoms with van der Waals surface area (Å²) in [6, 6.07) is 5.50. The number of aryl methyl sites for hydroxylation is 1. The monoisotopic (exact) mass is 246 g/mol. The van der Waals surface area contributed by atoms with Gasteiger partial charge in [0.15, 0.2) is 0 Å². The van der Waals surface area contributed by atoms with Crippen molar-refractivity contribution in [2.45, 2.75) is 31.8 Å². The van der Waals surface area contributed by atoms with Gasteiger partial charge < -0.3 is 9.47 Å². The lowest BCUT2D eigenvalue weighted by Crippen LogP contribution is -2.34. The fraction of sp³-hybridized carbons (Fsp3) is 0.467. The number of halogens is 1. The lowest BCUT2D eigenvalue weighted by Gasteiger charge is -2.25. The SMILES string of the molecule is Cc1c(F)ccc2ccn(CC3(N(C)C)CC3)c12. The lowest BCUT2D eigenvalue weighted by molar-refractivity contribution is 0.244. The van der Waals surface area contributed by atoms with Gasteiger partial charge in [-0.25, -0.2) is 4.39 Å². The smallest absolute Gasteiger partial charge is 0.128 e. The van der Waals surface area contributed by atoms with Gasteiger partial charge in [0.25, 0.3) is 0 Å². The Kier molecular flexibility index (Phi) is 2.49. The number of rotatable bonds is 3. The van der Waals surface area contributed by atoms with Gasteiger partial charge in [-0.2, -0.15) is 0 Å². The normalized spacial score (nSPS) is 17.6. The summed E-state index contributed by atoms with van der Waals surface area (Å²) in [5.41, 5.74) is 2.08. The molecule has 0 bridgehead atoms. The van der Waals surface area contributed by atoms with Gasteiger partial charge in [0.2, 0.25) is 0 Å². The van der Waals surface area contributed by atoms with Crippen LogP contribution in [0.4, 0.5) is 4.39 Å². The molecule has 0 atom stereocenters. The highest BCUT2D eigenvalue weighted by Gasteiger charge is 2.45. The standard InChI is InChI=1S/C15H19FN2/c1-11-13(16)5-4-12-6-9-18(14(11)12)10-15(7-8-15)17(2)3/h4-6,9H,7-8,10H2,1-3H3. The van der Waals surface area contributed by atoms with Crippen LogP contribution in [-0.4, -0.2) is 29.1 Å². The van der Waals surface area contributed by atoms with Gasteiger partial charge >= 0.3 is 0 Å². The van der Waals surface area contributed by atoms with Gasteiger partial charge in [-0.05, 0) is 52.1 Å². The molecule has 1 heterocycles. The third-order valence-electron chi connectivity index (χ3n) is 4.36. The molecule has 0 unspecified atom stereocenters. The van der Waals surface area contributed by atoms with Gasteiger partial charge in [-0.3, -0.25) is 0 Å². The molecule has 18 heavy (non-hydrogen) atoms. The molecular weight excluding hydrogens is 227 g/mol. The van der Waals surface area contributed by atoms with Gasteiger partial charge in [0.1, 0.15) is 5.82 Å². The number of aromatic nitrogens is 1. The molecule has 0 N–H and O–H groups in total. The molecule has 0 radical (unpaired) electrons. The van der Waals surface area contributed by atoms with Crippen LogP contribution in [0.15, 0.2) is 24.4 Å². The first-order valence-corrected chi connectivity index (χ1v) is 6.45. The molecule has 2 aromatic rings. The van der Waals surface area contributed by atoms with Crippen molar-refractivity contribution in [2.75, 3.05) is 14.1 Å². The van der Waals surface area contributed by atoms with E-state index < -0.39 is 0 Å². The van der Waals surface area contributed by atoms with Crippen LogP contribution in [0.2, 0.25) is 0 Å². The average molecular weight is 246 g/mol. The Bertz CT molecular complexity index is 594. The Hall–Kier alpha value is -1.35. The summed E-state index contributed by atoms with van der Waals surface area (Å²) in [5, 5.41) is 1.13. The van der Waals surface area contributed by atoms with E-state index in [0.29, 0.717) is 0 Å². The number of hydrogen-bond donors (Lipinski definition) is 0. The zero-order valence-electron chi connectivity index (χ0n) is 11.2. The highest BCUT2D eigenvalue weighted by atomic mass is 19.1. The Morgan fingerprint density at radius 1 is 1.28 bits per heavy atom. The van der Waals surface area contributed by atoms with Crippen molar-refractivity contribution in [2.24, 2.45) is 0 Å². The molecule has 1 aliphatic carbocycles. The fourth-order valence-corrected chi connectivity index (χ4v) is 2.80. The zero-order valence-corrected chi connectivity index (χ0v) is 11.2. The maximum absolute atomic E-state index is 13.7. The van der Waals surface area contributed by atoms with E-state index >= 15 is 0 Å². The third-order valence-corrected chi connectivity index (χ3v) is 4.36. The van der Waals surface area contributed by atoms with Crippen molar-refractivity contribution in [3.8, 4) is 0 Å². The molecule has 0 aliphatic heterocycles. The molecule has 1 fully saturated rings. The van der Waals surface area contributed by atoms with Crippen LogP contribution in [0, 0.1) is 12.7 Å². The molecule has 1 aromatic carbocycles. The van der Waals surface area contributed by atoms with Gasteiger partial charge in [0, 0.05) is 29.2 Å². The third kappa shape index (κ3) is 1.65. The minimum Gasteiger partial charge on any atom is -0.345 e. The van der Waals surface area contributed by atoms with E-state index in [4.69, 9.17) is 0 Å². The van der Waals surface area contributed by atoms with E-state index in [1.54, 1.807) is 6.07 Å². The lowest BCUT2D eigenvalue weighted by atomic mass is 10.1. The summed E-state index contributed by atoms with van der Waals surface area (Å²) in [6.07, 6.45) is 4.54. The Labute approximate surface area is 107 Å². The first-order chi connectivity index (χ1) is 8.53. The maximum atomic E-state index is 13.7. The molecule has 1 aliphatic rings. The summed E-state index contributed by atoms with van der Waals surface area (Å²) >= 11 is 0. The van der Waals surface area contributed by atoms with Crippen LogP contribution >= 0.6 is 0 Å². The number of benzene rings is 1. The first-order valence-electron chi connectivity index (χ1n) is 6.45. The minimum atomic E-state index is -0.114. The summed E-state index contributed by atoms with van der Waals surface area (Å²) in [4.78, 5) is 2.30. The van der Waals surface area contributed by atoms with Gasteiger partial charge in [-0.15, -0.1) is 0 Å². The number of nitrogens with zero attached hydrogens (tertiary/aromatic N) is 2. The molecule has 3 rings (SSSR count). The van der Waals surface area contributed by atoms with Crippen LogP contribution < -0.4 is 0 Å². The second-order valence-electron chi connectivity index (χ2n) is 5.67. The molecule has 1 saturated carbocycles. The number of hydrogen-bond acceptors (Lipinski definition) is 1. The van der Waals surface area contributed by atoms with E-state index in [0.717, 1.165) is 23.0 Å². The molecule has 3 heteroatoms. The summed E-state index contributed by atoms with van der Waals surface area (Å²) in [7, 11) is 4.26. The van der Waals surface area contributed by atoms with E-state index in [2.05, 4.69) is 35.8 Å². The summed E-state index contributed by atoms with van der Waals surface area (Å²) in [6.45, 7) is 2.82. The molecular formula is C15H19FN2. The van der Waals surface area contributed by atoms with E-state index in [9.17, 15) is 4.39 Å². The van der Waals surface area contributed by atoms with Crippen molar-refractivity contribution in [3.05, 3.63) is 35.8 Å². The predicted molar refractivity (Wildman–Crippen MR) is 72.3 cm³/mol. The largest absolute Gasteiger partial charge is 0.345 e. The van der Waals surface area contributed by atoms with E-state index in [-0.39, 0.29) is 11.4 Å². The minimum absolute atomic E-state index is 0.114. The van der Waals surface area contributed by atoms with E-state index in [1.807, 2.05) is 13.0 Å². The maximum Gasteiger partial charge on any atom is 0.128 e. The van der Waals surface area contributed by atoms with Crippen molar-refractivity contribution < 1.29 is 4.39 Å². The van der Waals surface area contributed by atoms with Crippen molar-refractivity contribution in [1.29, 1.82) is 0 Å². The van der Waals surface area contributed by atoms with Crippen molar-refractivity contribution in [1.82, 2.24) is 9.47 Å². The average Bonchev–Trinajstić information content (AvgIpc) is 3.00. The summed E-state index contributed by atoms with van der Waals surface area (Å²) < 4.78 is 15.9. The first kappa shape index (κ1) is 11.7. The second-order valence-corrected chi connectivity index (χ2v) is 5.67. The zero-order chi connectivity index (χ0) is 12.9. The highest BCUT2D eigenvalue weighted by molar-refractivity contribution is 5.83. The molecule has 0 saturated heterocycles. The molecule has 0 spiro atoms. The number of fused-ring (bicyclic) bond motifs is 1. The fourth-order valence-electron chi connectivity index (χ4n) is 2.80. The molecule has 0 amide bonds. The van der Waals surface area contributed by atoms with Crippen molar-refractivity contribution >= 4 is 10.9 Å². The molecule has 2 nitrogen and oxygen atoms in total. The second kappa shape index (κ2) is 3.82. The van der Waals surface area contributed by atoms with Crippen LogP contribution in [0.25, 0.3) is 10.9 Å². The molecule has 1 aromatic heterocycles. The Morgan fingerprint density at radius 2 is 2.00 bits per heavy atom. The highest BCUT2D eigenvalue weighted by Crippen LogP contribution is 2.42. The van der Waals surface area contributed by atoms with Crippen molar-refractivity contribution in [3.63, 3.8) is 0 Å². The van der Waals surface area contributed by atoms with Gasteiger partial charge in [0.05, 0.1) is 5.52 Å².